The minimum atomic E-state index is -0.0638. The van der Waals surface area contributed by atoms with Gasteiger partial charge in [0.15, 0.2) is 0 Å². The van der Waals surface area contributed by atoms with Gasteiger partial charge in [-0.25, -0.2) is 5.01 Å². The number of piperazine rings is 1. The van der Waals surface area contributed by atoms with Gasteiger partial charge in [-0.2, -0.15) is 0 Å². The second-order valence-corrected chi connectivity index (χ2v) is 5.01. The van der Waals surface area contributed by atoms with Gasteiger partial charge in [0, 0.05) is 32.3 Å². The Labute approximate surface area is 114 Å². The van der Waals surface area contributed by atoms with Gasteiger partial charge in [0.2, 0.25) is 0 Å². The van der Waals surface area contributed by atoms with Crippen LogP contribution in [0.1, 0.15) is 11.1 Å². The van der Waals surface area contributed by atoms with E-state index in [1.165, 1.54) is 5.56 Å². The molecule has 1 aromatic rings. The predicted molar refractivity (Wildman–Crippen MR) is 77.4 cm³/mol. The Morgan fingerprint density at radius 2 is 2.00 bits per heavy atom. The zero-order valence-electron chi connectivity index (χ0n) is 11.6. The molecule has 4 heteroatoms. The van der Waals surface area contributed by atoms with E-state index in [1.807, 2.05) is 36.2 Å². The first-order chi connectivity index (χ1) is 9.13. The third-order valence-electron chi connectivity index (χ3n) is 3.24. The van der Waals surface area contributed by atoms with Crippen molar-refractivity contribution in [3.63, 3.8) is 0 Å². The molecule has 1 N–H and O–H groups in total. The van der Waals surface area contributed by atoms with Gasteiger partial charge in [-0.05, 0) is 25.6 Å². The first-order valence-electron chi connectivity index (χ1n) is 6.62. The summed E-state index contributed by atoms with van der Waals surface area (Å²) in [4.78, 5) is 14.1. The first-order valence-corrected chi connectivity index (χ1v) is 6.62. The molecule has 102 valence electrons. The number of rotatable bonds is 3. The monoisotopic (exact) mass is 259 g/mol. The SMILES string of the molecule is Cc1cccc(/C=C/C(=O)NN2CCN(C)CC2)c1. The highest BCUT2D eigenvalue weighted by molar-refractivity contribution is 5.91. The fourth-order valence-corrected chi connectivity index (χ4v) is 2.06. The van der Waals surface area contributed by atoms with Crippen LogP contribution >= 0.6 is 0 Å². The van der Waals surface area contributed by atoms with Crippen molar-refractivity contribution < 1.29 is 4.79 Å². The Bertz CT molecular complexity index is 462. The number of benzene rings is 1. The van der Waals surface area contributed by atoms with Crippen LogP contribution in [0.3, 0.4) is 0 Å². The number of amides is 1. The van der Waals surface area contributed by atoms with Crippen LogP contribution in [0.5, 0.6) is 0 Å². The molecule has 1 aliphatic rings. The van der Waals surface area contributed by atoms with Crippen LogP contribution < -0.4 is 5.43 Å². The lowest BCUT2D eigenvalue weighted by Gasteiger charge is -2.31. The summed E-state index contributed by atoms with van der Waals surface area (Å²) in [6.45, 7) is 5.77. The average molecular weight is 259 g/mol. The summed E-state index contributed by atoms with van der Waals surface area (Å²) < 4.78 is 0. The van der Waals surface area contributed by atoms with Crippen molar-refractivity contribution in [2.75, 3.05) is 33.2 Å². The molecule has 0 radical (unpaired) electrons. The summed E-state index contributed by atoms with van der Waals surface area (Å²) in [5, 5.41) is 1.98. The lowest BCUT2D eigenvalue weighted by molar-refractivity contribution is -0.121. The summed E-state index contributed by atoms with van der Waals surface area (Å²) in [5.74, 6) is -0.0638. The van der Waals surface area contributed by atoms with Crippen LogP contribution in [0.25, 0.3) is 6.08 Å². The van der Waals surface area contributed by atoms with Crippen molar-refractivity contribution in [1.29, 1.82) is 0 Å². The molecule has 1 saturated heterocycles. The molecule has 0 spiro atoms. The molecule has 0 atom stereocenters. The number of hydrogen-bond acceptors (Lipinski definition) is 3. The second-order valence-electron chi connectivity index (χ2n) is 5.01. The third kappa shape index (κ3) is 4.50. The highest BCUT2D eigenvalue weighted by Crippen LogP contribution is 2.05. The molecule has 0 aliphatic carbocycles. The van der Waals surface area contributed by atoms with Gasteiger partial charge < -0.3 is 4.90 Å². The van der Waals surface area contributed by atoms with Crippen molar-refractivity contribution >= 4 is 12.0 Å². The van der Waals surface area contributed by atoms with Gasteiger partial charge in [-0.1, -0.05) is 29.8 Å². The number of aryl methyl sites for hydroxylation is 1. The Kier molecular flexibility index (Phi) is 4.71. The van der Waals surface area contributed by atoms with E-state index in [0.29, 0.717) is 0 Å². The van der Waals surface area contributed by atoms with Crippen LogP contribution in [0, 0.1) is 6.92 Å². The summed E-state index contributed by atoms with van der Waals surface area (Å²) in [5.41, 5.74) is 5.15. The van der Waals surface area contributed by atoms with E-state index in [0.717, 1.165) is 31.7 Å². The third-order valence-corrected chi connectivity index (χ3v) is 3.24. The normalized spacial score (nSPS) is 17.8. The topological polar surface area (TPSA) is 35.6 Å². The average Bonchev–Trinajstić information content (AvgIpc) is 2.39. The predicted octanol–water partition coefficient (Wildman–Crippen LogP) is 1.29. The van der Waals surface area contributed by atoms with Crippen LogP contribution in [-0.2, 0) is 4.79 Å². The van der Waals surface area contributed by atoms with Crippen molar-refractivity contribution in [2.24, 2.45) is 0 Å². The summed E-state index contributed by atoms with van der Waals surface area (Å²) in [6.07, 6.45) is 3.44. The van der Waals surface area contributed by atoms with E-state index in [9.17, 15) is 4.79 Å². The van der Waals surface area contributed by atoms with Gasteiger partial charge >= 0.3 is 0 Å². The molecule has 1 amide bonds. The smallest absolute Gasteiger partial charge is 0.258 e. The maximum atomic E-state index is 11.8. The summed E-state index contributed by atoms with van der Waals surface area (Å²) in [7, 11) is 2.09. The number of carbonyl (C=O) groups is 1. The Morgan fingerprint density at radius 1 is 1.26 bits per heavy atom. The molecular weight excluding hydrogens is 238 g/mol. The molecule has 0 unspecified atom stereocenters. The zero-order valence-corrected chi connectivity index (χ0v) is 11.6. The standard InChI is InChI=1S/C15H21N3O/c1-13-4-3-5-14(12-13)6-7-15(19)16-18-10-8-17(2)9-11-18/h3-7,12H,8-11H2,1-2H3,(H,16,19)/b7-6+. The fourth-order valence-electron chi connectivity index (χ4n) is 2.06. The minimum absolute atomic E-state index is 0.0638. The van der Waals surface area contributed by atoms with Crippen LogP contribution in [0.4, 0.5) is 0 Å². The van der Waals surface area contributed by atoms with Gasteiger partial charge in [0.25, 0.3) is 5.91 Å². The second kappa shape index (κ2) is 6.50. The molecule has 1 aliphatic heterocycles. The highest BCUT2D eigenvalue weighted by Gasteiger charge is 2.14. The Balaban J connectivity index is 1.84. The number of nitrogens with zero attached hydrogens (tertiary/aromatic N) is 2. The quantitative estimate of drug-likeness (QED) is 0.831. The minimum Gasteiger partial charge on any atom is -0.304 e. The van der Waals surface area contributed by atoms with Crippen LogP contribution in [-0.4, -0.2) is 49.0 Å². The van der Waals surface area contributed by atoms with Gasteiger partial charge in [0.1, 0.15) is 0 Å². The van der Waals surface area contributed by atoms with Gasteiger partial charge in [-0.3, -0.25) is 10.2 Å². The molecular formula is C15H21N3O. The maximum absolute atomic E-state index is 11.8. The first kappa shape index (κ1) is 13.8. The van der Waals surface area contributed by atoms with E-state index in [-0.39, 0.29) is 5.91 Å². The van der Waals surface area contributed by atoms with Gasteiger partial charge in [0.05, 0.1) is 0 Å². The van der Waals surface area contributed by atoms with E-state index in [2.05, 4.69) is 23.4 Å². The summed E-state index contributed by atoms with van der Waals surface area (Å²) >= 11 is 0. The van der Waals surface area contributed by atoms with E-state index < -0.39 is 0 Å². The lowest BCUT2D eigenvalue weighted by Crippen LogP contribution is -2.52. The molecule has 1 heterocycles. The number of carbonyl (C=O) groups excluding carboxylic acids is 1. The molecule has 1 fully saturated rings. The number of hydrazine groups is 1. The largest absolute Gasteiger partial charge is 0.304 e. The van der Waals surface area contributed by atoms with Crippen molar-refractivity contribution in [3.05, 3.63) is 41.5 Å². The molecule has 0 bridgehead atoms. The molecule has 4 nitrogen and oxygen atoms in total. The zero-order chi connectivity index (χ0) is 13.7. The maximum Gasteiger partial charge on any atom is 0.258 e. The molecule has 0 saturated carbocycles. The molecule has 2 rings (SSSR count). The summed E-state index contributed by atoms with van der Waals surface area (Å²) in [6, 6.07) is 8.08. The molecule has 1 aromatic carbocycles. The van der Waals surface area contributed by atoms with E-state index >= 15 is 0 Å². The number of hydrogen-bond donors (Lipinski definition) is 1. The van der Waals surface area contributed by atoms with Crippen molar-refractivity contribution in [2.45, 2.75) is 6.92 Å². The Morgan fingerprint density at radius 3 is 2.68 bits per heavy atom. The Hall–Kier alpha value is -1.65. The van der Waals surface area contributed by atoms with Gasteiger partial charge in [-0.15, -0.1) is 0 Å². The van der Waals surface area contributed by atoms with Crippen LogP contribution in [0.2, 0.25) is 0 Å². The van der Waals surface area contributed by atoms with Crippen LogP contribution in [0.15, 0.2) is 30.3 Å². The van der Waals surface area contributed by atoms with E-state index in [1.54, 1.807) is 6.08 Å². The van der Waals surface area contributed by atoms with E-state index in [4.69, 9.17) is 0 Å². The fraction of sp³-hybridized carbons (Fsp3) is 0.400. The number of likely N-dealkylation sites (N-methyl/N-ethyl adjacent to an activating group) is 1. The lowest BCUT2D eigenvalue weighted by atomic mass is 10.1. The molecule has 0 aromatic heterocycles. The molecule has 19 heavy (non-hydrogen) atoms. The van der Waals surface area contributed by atoms with Crippen molar-refractivity contribution in [3.8, 4) is 0 Å². The van der Waals surface area contributed by atoms with Crippen molar-refractivity contribution in [1.82, 2.24) is 15.3 Å². The number of nitrogens with one attached hydrogen (secondary N) is 1. The highest BCUT2D eigenvalue weighted by atomic mass is 16.2.